The van der Waals surface area contributed by atoms with Gasteiger partial charge in [-0.3, -0.25) is 4.99 Å². The Morgan fingerprint density at radius 2 is 1.63 bits per heavy atom. The second-order valence-electron chi connectivity index (χ2n) is 5.43. The fourth-order valence-electron chi connectivity index (χ4n) is 2.40. The highest BCUT2D eigenvalue weighted by molar-refractivity contribution is 14.0. The van der Waals surface area contributed by atoms with Crippen LogP contribution in [0.5, 0.6) is 17.2 Å². The van der Waals surface area contributed by atoms with Gasteiger partial charge in [0.1, 0.15) is 11.5 Å². The minimum Gasteiger partial charge on any atom is -0.497 e. The molecule has 0 aromatic heterocycles. The first-order valence-electron chi connectivity index (χ1n) is 8.09. The molecule has 0 radical (unpaired) electrons. The number of nitrogens with zero attached hydrogens (tertiary/aromatic N) is 1. The van der Waals surface area contributed by atoms with E-state index in [2.05, 4.69) is 15.6 Å². The normalized spacial score (nSPS) is 10.6. The Hall–Kier alpha value is -2.23. The number of guanidine groups is 1. The lowest BCUT2D eigenvalue weighted by atomic mass is 10.2. The molecule has 2 N–H and O–H groups in total. The number of ether oxygens (including phenoxy) is 3. The van der Waals surface area contributed by atoms with Crippen molar-refractivity contribution in [2.24, 2.45) is 4.99 Å². The highest BCUT2D eigenvalue weighted by atomic mass is 127. The van der Waals surface area contributed by atoms with Gasteiger partial charge >= 0.3 is 0 Å². The molecular formula is C19H25FIN3O3. The molecule has 0 saturated carbocycles. The zero-order valence-electron chi connectivity index (χ0n) is 15.8. The Labute approximate surface area is 176 Å². The molecule has 27 heavy (non-hydrogen) atoms. The van der Waals surface area contributed by atoms with Crippen molar-refractivity contribution in [2.75, 3.05) is 28.4 Å². The first-order chi connectivity index (χ1) is 12.6. The number of rotatable bonds is 7. The SMILES string of the molecule is CN=C(NCc1ccc(OC)c(F)c1)NCc1ccc(OC)cc1OC.I. The van der Waals surface area contributed by atoms with Crippen molar-refractivity contribution in [3.05, 3.63) is 53.3 Å². The number of aliphatic imine (C=N–C) groups is 1. The number of hydrogen-bond donors (Lipinski definition) is 2. The second kappa shape index (κ2) is 11.5. The quantitative estimate of drug-likeness (QED) is 0.355. The molecule has 0 saturated heterocycles. The van der Waals surface area contributed by atoms with E-state index in [1.54, 1.807) is 33.4 Å². The van der Waals surface area contributed by atoms with Crippen LogP contribution in [0, 0.1) is 5.82 Å². The lowest BCUT2D eigenvalue weighted by molar-refractivity contribution is 0.386. The van der Waals surface area contributed by atoms with Crippen molar-refractivity contribution in [1.29, 1.82) is 0 Å². The third kappa shape index (κ3) is 6.46. The van der Waals surface area contributed by atoms with E-state index in [1.165, 1.54) is 13.2 Å². The van der Waals surface area contributed by atoms with Crippen molar-refractivity contribution in [3.8, 4) is 17.2 Å². The number of benzene rings is 2. The van der Waals surface area contributed by atoms with Gasteiger partial charge in [0.15, 0.2) is 17.5 Å². The number of halogens is 2. The van der Waals surface area contributed by atoms with Gasteiger partial charge in [0.05, 0.1) is 21.3 Å². The molecule has 0 spiro atoms. The van der Waals surface area contributed by atoms with E-state index in [-0.39, 0.29) is 29.7 Å². The molecule has 0 fully saturated rings. The lowest BCUT2D eigenvalue weighted by Crippen LogP contribution is -2.36. The van der Waals surface area contributed by atoms with E-state index in [0.717, 1.165) is 22.6 Å². The maximum absolute atomic E-state index is 13.7. The zero-order valence-corrected chi connectivity index (χ0v) is 18.2. The summed E-state index contributed by atoms with van der Waals surface area (Å²) in [6.45, 7) is 0.949. The Kier molecular flexibility index (Phi) is 9.70. The first kappa shape index (κ1) is 22.8. The van der Waals surface area contributed by atoms with Crippen LogP contribution in [0.3, 0.4) is 0 Å². The predicted molar refractivity (Wildman–Crippen MR) is 115 cm³/mol. The molecule has 0 atom stereocenters. The van der Waals surface area contributed by atoms with Gasteiger partial charge in [0.2, 0.25) is 0 Å². The largest absolute Gasteiger partial charge is 0.497 e. The molecule has 2 aromatic carbocycles. The molecule has 2 rings (SSSR count). The number of hydrogen-bond acceptors (Lipinski definition) is 4. The van der Waals surface area contributed by atoms with Crippen molar-refractivity contribution in [1.82, 2.24) is 10.6 Å². The van der Waals surface area contributed by atoms with Gasteiger partial charge in [-0.1, -0.05) is 6.07 Å². The van der Waals surface area contributed by atoms with Crippen LogP contribution in [0.25, 0.3) is 0 Å². The molecular weight excluding hydrogens is 464 g/mol. The highest BCUT2D eigenvalue weighted by Gasteiger charge is 2.07. The minimum absolute atomic E-state index is 0. The Morgan fingerprint density at radius 3 is 2.22 bits per heavy atom. The third-order valence-electron chi connectivity index (χ3n) is 3.84. The van der Waals surface area contributed by atoms with E-state index in [1.807, 2.05) is 18.2 Å². The molecule has 0 unspecified atom stereocenters. The summed E-state index contributed by atoms with van der Waals surface area (Å²) in [5, 5.41) is 6.35. The van der Waals surface area contributed by atoms with Crippen LogP contribution in [0.2, 0.25) is 0 Å². The summed E-state index contributed by atoms with van der Waals surface area (Å²) < 4.78 is 29.2. The van der Waals surface area contributed by atoms with E-state index >= 15 is 0 Å². The summed E-state index contributed by atoms with van der Waals surface area (Å²) in [7, 11) is 6.34. The second-order valence-corrected chi connectivity index (χ2v) is 5.43. The highest BCUT2D eigenvalue weighted by Crippen LogP contribution is 2.24. The van der Waals surface area contributed by atoms with Gasteiger partial charge in [-0.05, 0) is 29.8 Å². The van der Waals surface area contributed by atoms with Crippen molar-refractivity contribution < 1.29 is 18.6 Å². The van der Waals surface area contributed by atoms with Gasteiger partial charge in [-0.15, -0.1) is 24.0 Å². The topological polar surface area (TPSA) is 64.1 Å². The Morgan fingerprint density at radius 1 is 0.926 bits per heavy atom. The van der Waals surface area contributed by atoms with Crippen molar-refractivity contribution >= 4 is 29.9 Å². The monoisotopic (exact) mass is 489 g/mol. The van der Waals surface area contributed by atoms with Gasteiger partial charge in [-0.2, -0.15) is 0 Å². The third-order valence-corrected chi connectivity index (χ3v) is 3.84. The standard InChI is InChI=1S/C19H24FN3O3.HI/c1-21-19(22-11-13-5-8-17(25-3)16(20)9-13)23-12-14-6-7-15(24-2)10-18(14)26-4;/h5-10H,11-12H2,1-4H3,(H2,21,22,23);1H. The van der Waals surface area contributed by atoms with Crippen LogP contribution in [0.15, 0.2) is 41.4 Å². The zero-order chi connectivity index (χ0) is 18.9. The average Bonchev–Trinajstić information content (AvgIpc) is 2.68. The average molecular weight is 489 g/mol. The van der Waals surface area contributed by atoms with E-state index in [9.17, 15) is 4.39 Å². The van der Waals surface area contributed by atoms with Gasteiger partial charge in [0, 0.05) is 31.8 Å². The molecule has 6 nitrogen and oxygen atoms in total. The molecule has 0 aliphatic heterocycles. The summed E-state index contributed by atoms with van der Waals surface area (Å²) in [6.07, 6.45) is 0. The molecule has 148 valence electrons. The van der Waals surface area contributed by atoms with Gasteiger partial charge in [0.25, 0.3) is 0 Å². The number of nitrogens with one attached hydrogen (secondary N) is 2. The molecule has 0 amide bonds. The van der Waals surface area contributed by atoms with Crippen LogP contribution in [-0.4, -0.2) is 34.3 Å². The van der Waals surface area contributed by atoms with Gasteiger partial charge < -0.3 is 24.8 Å². The van der Waals surface area contributed by atoms with Crippen LogP contribution in [0.4, 0.5) is 4.39 Å². The summed E-state index contributed by atoms with van der Waals surface area (Å²) in [5.74, 6) is 1.89. The van der Waals surface area contributed by atoms with Gasteiger partial charge in [-0.25, -0.2) is 4.39 Å². The van der Waals surface area contributed by atoms with Crippen molar-refractivity contribution in [3.63, 3.8) is 0 Å². The summed E-state index contributed by atoms with van der Waals surface area (Å²) in [5.41, 5.74) is 1.75. The van der Waals surface area contributed by atoms with Crippen LogP contribution >= 0.6 is 24.0 Å². The van der Waals surface area contributed by atoms with Crippen LogP contribution < -0.4 is 24.8 Å². The predicted octanol–water partition coefficient (Wildman–Crippen LogP) is 3.33. The van der Waals surface area contributed by atoms with Crippen LogP contribution in [-0.2, 0) is 13.1 Å². The first-order valence-corrected chi connectivity index (χ1v) is 8.09. The maximum atomic E-state index is 13.7. The minimum atomic E-state index is -0.391. The van der Waals surface area contributed by atoms with E-state index < -0.39 is 5.82 Å². The fraction of sp³-hybridized carbons (Fsp3) is 0.316. The summed E-state index contributed by atoms with van der Waals surface area (Å²) in [6, 6.07) is 10.5. The summed E-state index contributed by atoms with van der Waals surface area (Å²) >= 11 is 0. The molecule has 0 heterocycles. The molecule has 0 aliphatic carbocycles. The molecule has 0 bridgehead atoms. The maximum Gasteiger partial charge on any atom is 0.191 e. The van der Waals surface area contributed by atoms with E-state index in [0.29, 0.717) is 19.0 Å². The van der Waals surface area contributed by atoms with E-state index in [4.69, 9.17) is 14.2 Å². The molecule has 2 aromatic rings. The lowest BCUT2D eigenvalue weighted by Gasteiger charge is -2.15. The molecule has 8 heteroatoms. The Bertz CT molecular complexity index is 772. The van der Waals surface area contributed by atoms with Crippen molar-refractivity contribution in [2.45, 2.75) is 13.1 Å². The van der Waals surface area contributed by atoms with Crippen LogP contribution in [0.1, 0.15) is 11.1 Å². The number of methoxy groups -OCH3 is 3. The smallest absolute Gasteiger partial charge is 0.191 e. The summed E-state index contributed by atoms with van der Waals surface area (Å²) in [4.78, 5) is 4.17. The Balaban J connectivity index is 0.00000364. The fourth-order valence-corrected chi connectivity index (χ4v) is 2.40. The molecule has 0 aliphatic rings.